The smallest absolute Gasteiger partial charge is 0.268 e. The normalized spacial score (nSPS) is 16.9. The molecule has 22 heavy (non-hydrogen) atoms. The summed E-state index contributed by atoms with van der Waals surface area (Å²) in [5.41, 5.74) is 2.85. The molecular weight excluding hydrogens is 354 g/mol. The first kappa shape index (κ1) is 15.7. The number of halogens is 1. The van der Waals surface area contributed by atoms with Gasteiger partial charge in [0.25, 0.3) is 5.91 Å². The summed E-state index contributed by atoms with van der Waals surface area (Å²) >= 11 is 14.5. The Bertz CT molecular complexity index is 809. The molecule has 3 rings (SSSR count). The van der Waals surface area contributed by atoms with E-state index < -0.39 is 0 Å². The van der Waals surface area contributed by atoms with Gasteiger partial charge in [-0.2, -0.15) is 0 Å². The van der Waals surface area contributed by atoms with Crippen LogP contribution in [0.15, 0.2) is 34.6 Å². The summed E-state index contributed by atoms with van der Waals surface area (Å²) in [5, 5.41) is 2.64. The molecule has 1 fully saturated rings. The number of amides is 1. The zero-order valence-electron chi connectivity index (χ0n) is 11.9. The molecule has 6 heteroatoms. The molecule has 0 N–H and O–H groups in total. The number of hydrogen-bond acceptors (Lipinski definition) is 4. The van der Waals surface area contributed by atoms with Crippen molar-refractivity contribution in [1.82, 2.24) is 0 Å². The lowest BCUT2D eigenvalue weighted by molar-refractivity contribution is -0.113. The molecule has 0 bridgehead atoms. The molecule has 2 aromatic rings. The molecule has 1 amide bonds. The van der Waals surface area contributed by atoms with Crippen LogP contribution in [0.25, 0.3) is 6.08 Å². The van der Waals surface area contributed by atoms with Gasteiger partial charge >= 0.3 is 0 Å². The molecule has 1 aromatic heterocycles. The van der Waals surface area contributed by atoms with Crippen LogP contribution in [-0.4, -0.2) is 10.2 Å². The van der Waals surface area contributed by atoms with Crippen LogP contribution < -0.4 is 4.90 Å². The van der Waals surface area contributed by atoms with E-state index in [4.69, 9.17) is 23.8 Å². The third-order valence-corrected chi connectivity index (χ3v) is 6.05. The standard InChI is InChI=1S/C16H12ClNOS3/c1-9-3-4-11(7-12(9)17)18-15(19)14(22-16(18)20)8-13-10(2)5-6-21-13/h3-8H,1-2H3/b14-8-. The lowest BCUT2D eigenvalue weighted by Gasteiger charge is -2.15. The van der Waals surface area contributed by atoms with E-state index >= 15 is 0 Å². The lowest BCUT2D eigenvalue weighted by Crippen LogP contribution is -2.27. The maximum Gasteiger partial charge on any atom is 0.270 e. The lowest BCUT2D eigenvalue weighted by atomic mass is 10.2. The molecule has 112 valence electrons. The van der Waals surface area contributed by atoms with E-state index in [1.807, 2.05) is 43.5 Å². The highest BCUT2D eigenvalue weighted by Gasteiger charge is 2.33. The topological polar surface area (TPSA) is 20.3 Å². The van der Waals surface area contributed by atoms with Crippen LogP contribution >= 0.6 is 46.9 Å². The fraction of sp³-hybridized carbons (Fsp3) is 0.125. The molecule has 0 saturated carbocycles. The third-order valence-electron chi connectivity index (χ3n) is 3.37. The molecule has 1 saturated heterocycles. The molecule has 1 aliphatic heterocycles. The van der Waals surface area contributed by atoms with Crippen LogP contribution in [-0.2, 0) is 4.79 Å². The number of carbonyl (C=O) groups excluding carboxylic acids is 1. The van der Waals surface area contributed by atoms with Crippen molar-refractivity contribution < 1.29 is 4.79 Å². The van der Waals surface area contributed by atoms with Gasteiger partial charge in [-0.05, 0) is 54.6 Å². The summed E-state index contributed by atoms with van der Waals surface area (Å²) in [6, 6.07) is 7.58. The molecule has 2 heterocycles. The zero-order chi connectivity index (χ0) is 15.9. The van der Waals surface area contributed by atoms with Crippen molar-refractivity contribution in [3.63, 3.8) is 0 Å². The summed E-state index contributed by atoms with van der Waals surface area (Å²) < 4.78 is 0.533. The summed E-state index contributed by atoms with van der Waals surface area (Å²) in [7, 11) is 0. The third kappa shape index (κ3) is 2.86. The Morgan fingerprint density at radius 3 is 2.64 bits per heavy atom. The molecule has 1 aromatic carbocycles. The highest BCUT2D eigenvalue weighted by molar-refractivity contribution is 8.27. The van der Waals surface area contributed by atoms with Gasteiger partial charge in [-0.15, -0.1) is 11.3 Å². The van der Waals surface area contributed by atoms with Crippen LogP contribution in [0.4, 0.5) is 5.69 Å². The zero-order valence-corrected chi connectivity index (χ0v) is 15.1. The number of anilines is 1. The van der Waals surface area contributed by atoms with Crippen LogP contribution in [0, 0.1) is 13.8 Å². The first-order chi connectivity index (χ1) is 10.5. The Balaban J connectivity index is 1.96. The predicted octanol–water partition coefficient (Wildman–Crippen LogP) is 5.42. The van der Waals surface area contributed by atoms with Crippen LogP contribution in [0.2, 0.25) is 5.02 Å². The van der Waals surface area contributed by atoms with Crippen molar-refractivity contribution in [3.05, 3.63) is 55.6 Å². The van der Waals surface area contributed by atoms with Gasteiger partial charge in [-0.3, -0.25) is 9.69 Å². The number of carbonyl (C=O) groups is 1. The fourth-order valence-electron chi connectivity index (χ4n) is 2.06. The predicted molar refractivity (Wildman–Crippen MR) is 101 cm³/mol. The van der Waals surface area contributed by atoms with E-state index in [0.717, 1.165) is 16.0 Å². The summed E-state index contributed by atoms with van der Waals surface area (Å²) in [4.78, 5) is 15.9. The minimum absolute atomic E-state index is 0.0947. The highest BCUT2D eigenvalue weighted by Crippen LogP contribution is 2.38. The van der Waals surface area contributed by atoms with Crippen molar-refractivity contribution in [2.24, 2.45) is 0 Å². The minimum atomic E-state index is -0.0947. The summed E-state index contributed by atoms with van der Waals surface area (Å²) in [6.45, 7) is 3.96. The monoisotopic (exact) mass is 365 g/mol. The van der Waals surface area contributed by atoms with E-state index in [2.05, 4.69) is 0 Å². The first-order valence-electron chi connectivity index (χ1n) is 6.55. The van der Waals surface area contributed by atoms with Crippen molar-refractivity contribution in [1.29, 1.82) is 0 Å². The summed E-state index contributed by atoms with van der Waals surface area (Å²) in [5.74, 6) is -0.0947. The Kier molecular flexibility index (Phi) is 4.41. The van der Waals surface area contributed by atoms with E-state index in [-0.39, 0.29) is 5.91 Å². The van der Waals surface area contributed by atoms with Crippen molar-refractivity contribution in [2.75, 3.05) is 4.90 Å². The Morgan fingerprint density at radius 1 is 1.23 bits per heavy atom. The second kappa shape index (κ2) is 6.16. The SMILES string of the molecule is Cc1ccc(N2C(=O)/C(=C/c3sccc3C)SC2=S)cc1Cl. The van der Waals surface area contributed by atoms with Gasteiger partial charge in [0, 0.05) is 9.90 Å². The Hall–Kier alpha value is -1.14. The van der Waals surface area contributed by atoms with Crippen LogP contribution in [0.1, 0.15) is 16.0 Å². The average Bonchev–Trinajstić information content (AvgIpc) is 2.99. The molecule has 0 atom stereocenters. The second-order valence-electron chi connectivity index (χ2n) is 4.92. The molecular formula is C16H12ClNOS3. The van der Waals surface area contributed by atoms with Crippen molar-refractivity contribution in [3.8, 4) is 0 Å². The molecule has 0 unspecified atom stereocenters. The van der Waals surface area contributed by atoms with Crippen LogP contribution in [0.3, 0.4) is 0 Å². The number of thiocarbonyl (C=S) groups is 1. The van der Waals surface area contributed by atoms with Gasteiger partial charge in [-0.25, -0.2) is 0 Å². The van der Waals surface area contributed by atoms with E-state index in [9.17, 15) is 4.79 Å². The van der Waals surface area contributed by atoms with Crippen molar-refractivity contribution >= 4 is 68.9 Å². The number of thiophene rings is 1. The maximum atomic E-state index is 12.7. The quantitative estimate of drug-likeness (QED) is 0.523. The van der Waals surface area contributed by atoms with Crippen LogP contribution in [0.5, 0.6) is 0 Å². The van der Waals surface area contributed by atoms with Gasteiger partial charge in [0.05, 0.1) is 10.6 Å². The van der Waals surface area contributed by atoms with E-state index in [1.165, 1.54) is 11.8 Å². The largest absolute Gasteiger partial charge is 0.270 e. The average molecular weight is 366 g/mol. The van der Waals surface area contributed by atoms with Gasteiger partial charge in [-0.1, -0.05) is 41.6 Å². The molecule has 0 spiro atoms. The van der Waals surface area contributed by atoms with Gasteiger partial charge in [0.2, 0.25) is 0 Å². The van der Waals surface area contributed by atoms with E-state index in [1.54, 1.807) is 22.3 Å². The Morgan fingerprint density at radius 2 is 2.00 bits per heavy atom. The highest BCUT2D eigenvalue weighted by atomic mass is 35.5. The summed E-state index contributed by atoms with van der Waals surface area (Å²) in [6.07, 6.45) is 1.91. The molecule has 0 aliphatic carbocycles. The molecule has 2 nitrogen and oxygen atoms in total. The first-order valence-corrected chi connectivity index (χ1v) is 9.04. The number of benzene rings is 1. The van der Waals surface area contributed by atoms with Gasteiger partial charge < -0.3 is 0 Å². The molecule has 1 aliphatic rings. The Labute approximate surface area is 147 Å². The van der Waals surface area contributed by atoms with Gasteiger partial charge in [0.1, 0.15) is 0 Å². The van der Waals surface area contributed by atoms with E-state index in [0.29, 0.717) is 19.9 Å². The number of aryl methyl sites for hydroxylation is 2. The fourth-order valence-corrected chi connectivity index (χ4v) is 4.45. The van der Waals surface area contributed by atoms with Gasteiger partial charge in [0.15, 0.2) is 4.32 Å². The maximum absolute atomic E-state index is 12.7. The number of hydrogen-bond donors (Lipinski definition) is 0. The number of nitrogens with zero attached hydrogens (tertiary/aromatic N) is 1. The number of rotatable bonds is 2. The second-order valence-corrected chi connectivity index (χ2v) is 7.95. The number of thioether (sulfide) groups is 1. The minimum Gasteiger partial charge on any atom is -0.268 e. The molecule has 0 radical (unpaired) electrons. The van der Waals surface area contributed by atoms with Crippen molar-refractivity contribution in [2.45, 2.75) is 13.8 Å².